The molecule has 4 N–H and O–H groups in total. The Morgan fingerprint density at radius 1 is 1.26 bits per heavy atom. The number of rotatable bonds is 6. The highest BCUT2D eigenvalue weighted by molar-refractivity contribution is 5.94. The second kappa shape index (κ2) is 7.92. The first-order chi connectivity index (χ1) is 13.0. The molecule has 1 atom stereocenters. The zero-order valence-electron chi connectivity index (χ0n) is 15.0. The third kappa shape index (κ3) is 4.45. The SMILES string of the molecule is CNc1nccc(-c2cc(NC(=O)C(N)Cc3ccc(F)cc3)n(C)n2)n1. The van der Waals surface area contributed by atoms with Crippen LogP contribution in [-0.2, 0) is 18.3 Å². The number of nitrogens with zero attached hydrogens (tertiary/aromatic N) is 4. The Kier molecular flexibility index (Phi) is 5.41. The van der Waals surface area contributed by atoms with E-state index in [0.29, 0.717) is 29.6 Å². The minimum Gasteiger partial charge on any atom is -0.357 e. The van der Waals surface area contributed by atoms with Gasteiger partial charge in [0, 0.05) is 26.4 Å². The molecule has 0 aliphatic rings. The fourth-order valence-electron chi connectivity index (χ4n) is 2.52. The lowest BCUT2D eigenvalue weighted by atomic mass is 10.1. The van der Waals surface area contributed by atoms with Gasteiger partial charge in [-0.05, 0) is 30.2 Å². The number of carbonyl (C=O) groups is 1. The monoisotopic (exact) mass is 369 g/mol. The molecule has 0 bridgehead atoms. The summed E-state index contributed by atoms with van der Waals surface area (Å²) in [7, 11) is 3.44. The lowest BCUT2D eigenvalue weighted by molar-refractivity contribution is -0.117. The van der Waals surface area contributed by atoms with Crippen LogP contribution in [-0.4, -0.2) is 38.7 Å². The predicted octanol–water partition coefficient (Wildman–Crippen LogP) is 1.57. The van der Waals surface area contributed by atoms with E-state index >= 15 is 0 Å². The molecule has 3 aromatic rings. The van der Waals surface area contributed by atoms with Crippen LogP contribution in [0.1, 0.15) is 5.56 Å². The van der Waals surface area contributed by atoms with Crippen LogP contribution in [0.2, 0.25) is 0 Å². The highest BCUT2D eigenvalue weighted by Gasteiger charge is 2.17. The molecule has 2 heterocycles. The van der Waals surface area contributed by atoms with Crippen LogP contribution >= 0.6 is 0 Å². The van der Waals surface area contributed by atoms with Gasteiger partial charge in [0.15, 0.2) is 0 Å². The summed E-state index contributed by atoms with van der Waals surface area (Å²) in [5, 5.41) is 9.99. The molecule has 0 aliphatic carbocycles. The highest BCUT2D eigenvalue weighted by Crippen LogP contribution is 2.20. The van der Waals surface area contributed by atoms with Gasteiger partial charge in [-0.3, -0.25) is 9.48 Å². The second-order valence-electron chi connectivity index (χ2n) is 5.98. The smallest absolute Gasteiger partial charge is 0.242 e. The molecular weight excluding hydrogens is 349 g/mol. The summed E-state index contributed by atoms with van der Waals surface area (Å²) in [5.41, 5.74) is 7.98. The number of aryl methyl sites for hydroxylation is 1. The Morgan fingerprint density at radius 3 is 2.70 bits per heavy atom. The van der Waals surface area contributed by atoms with Gasteiger partial charge in [-0.25, -0.2) is 14.4 Å². The number of hydrogen-bond acceptors (Lipinski definition) is 6. The van der Waals surface area contributed by atoms with Crippen molar-refractivity contribution in [3.05, 3.63) is 54.0 Å². The first kappa shape index (κ1) is 18.5. The van der Waals surface area contributed by atoms with Gasteiger partial charge in [0.25, 0.3) is 0 Å². The normalized spacial score (nSPS) is 11.9. The van der Waals surface area contributed by atoms with Gasteiger partial charge in [-0.15, -0.1) is 0 Å². The number of benzene rings is 1. The van der Waals surface area contributed by atoms with Crippen LogP contribution in [0.4, 0.5) is 16.2 Å². The predicted molar refractivity (Wildman–Crippen MR) is 100 cm³/mol. The molecule has 1 aromatic carbocycles. The van der Waals surface area contributed by atoms with Crippen LogP contribution in [0.3, 0.4) is 0 Å². The van der Waals surface area contributed by atoms with E-state index in [9.17, 15) is 9.18 Å². The maximum atomic E-state index is 13.0. The number of nitrogens with one attached hydrogen (secondary N) is 2. The van der Waals surface area contributed by atoms with Crippen molar-refractivity contribution in [2.75, 3.05) is 17.7 Å². The Balaban J connectivity index is 1.70. The number of aromatic nitrogens is 4. The standard InChI is InChI=1S/C18H20FN7O/c1-21-18-22-8-7-14(23-18)15-10-16(26(2)25-15)24-17(27)13(20)9-11-3-5-12(19)6-4-11/h3-8,10,13H,9,20H2,1-2H3,(H,24,27)(H,21,22,23). The minimum atomic E-state index is -0.774. The zero-order chi connectivity index (χ0) is 19.4. The van der Waals surface area contributed by atoms with E-state index in [0.717, 1.165) is 5.56 Å². The Bertz CT molecular complexity index is 939. The largest absolute Gasteiger partial charge is 0.357 e. The van der Waals surface area contributed by atoms with E-state index in [1.54, 1.807) is 49.2 Å². The molecule has 0 aliphatic heterocycles. The van der Waals surface area contributed by atoms with Crippen molar-refractivity contribution in [2.24, 2.45) is 12.8 Å². The first-order valence-electron chi connectivity index (χ1n) is 8.32. The molecule has 2 aromatic heterocycles. The van der Waals surface area contributed by atoms with Gasteiger partial charge < -0.3 is 16.4 Å². The molecule has 8 nitrogen and oxygen atoms in total. The number of amides is 1. The molecule has 0 radical (unpaired) electrons. The molecule has 27 heavy (non-hydrogen) atoms. The van der Waals surface area contributed by atoms with Crippen molar-refractivity contribution in [3.8, 4) is 11.4 Å². The molecule has 1 unspecified atom stereocenters. The van der Waals surface area contributed by atoms with Crippen LogP contribution in [0.5, 0.6) is 0 Å². The number of halogens is 1. The third-order valence-electron chi connectivity index (χ3n) is 3.98. The summed E-state index contributed by atoms with van der Waals surface area (Å²) >= 11 is 0. The maximum Gasteiger partial charge on any atom is 0.242 e. The van der Waals surface area contributed by atoms with Crippen molar-refractivity contribution >= 4 is 17.7 Å². The van der Waals surface area contributed by atoms with Gasteiger partial charge in [0.05, 0.1) is 11.7 Å². The van der Waals surface area contributed by atoms with Crippen LogP contribution in [0.25, 0.3) is 11.4 Å². The Hall–Kier alpha value is -3.33. The van der Waals surface area contributed by atoms with E-state index in [4.69, 9.17) is 5.73 Å². The second-order valence-corrected chi connectivity index (χ2v) is 5.98. The lowest BCUT2D eigenvalue weighted by Gasteiger charge is -2.12. The summed E-state index contributed by atoms with van der Waals surface area (Å²) in [6, 6.07) is 8.57. The molecule has 0 spiro atoms. The molecule has 140 valence electrons. The summed E-state index contributed by atoms with van der Waals surface area (Å²) in [6.07, 6.45) is 1.92. The first-order valence-corrected chi connectivity index (χ1v) is 8.32. The van der Waals surface area contributed by atoms with Gasteiger partial charge >= 0.3 is 0 Å². The zero-order valence-corrected chi connectivity index (χ0v) is 15.0. The number of hydrogen-bond donors (Lipinski definition) is 3. The maximum absolute atomic E-state index is 13.0. The van der Waals surface area contributed by atoms with Crippen molar-refractivity contribution in [1.29, 1.82) is 0 Å². The van der Waals surface area contributed by atoms with E-state index in [1.165, 1.54) is 12.1 Å². The van der Waals surface area contributed by atoms with Crippen molar-refractivity contribution in [1.82, 2.24) is 19.7 Å². The highest BCUT2D eigenvalue weighted by atomic mass is 19.1. The van der Waals surface area contributed by atoms with Crippen LogP contribution in [0, 0.1) is 5.82 Å². The lowest BCUT2D eigenvalue weighted by Crippen LogP contribution is -2.37. The van der Waals surface area contributed by atoms with Crippen LogP contribution < -0.4 is 16.4 Å². The molecule has 0 fully saturated rings. The summed E-state index contributed by atoms with van der Waals surface area (Å²) in [5.74, 6) is 0.289. The van der Waals surface area contributed by atoms with E-state index in [1.807, 2.05) is 0 Å². The topological polar surface area (TPSA) is 111 Å². The van der Waals surface area contributed by atoms with E-state index in [2.05, 4.69) is 25.7 Å². The van der Waals surface area contributed by atoms with Gasteiger partial charge in [0.1, 0.15) is 17.3 Å². The number of anilines is 2. The summed E-state index contributed by atoms with van der Waals surface area (Å²) < 4.78 is 14.5. The molecule has 0 saturated carbocycles. The van der Waals surface area contributed by atoms with Gasteiger partial charge in [0.2, 0.25) is 11.9 Å². The Labute approximate surface area is 155 Å². The molecule has 1 amide bonds. The average Bonchev–Trinajstić information content (AvgIpc) is 3.04. The summed E-state index contributed by atoms with van der Waals surface area (Å²) in [6.45, 7) is 0. The van der Waals surface area contributed by atoms with Crippen molar-refractivity contribution in [3.63, 3.8) is 0 Å². The minimum absolute atomic E-state index is 0.300. The van der Waals surface area contributed by atoms with E-state index < -0.39 is 6.04 Å². The van der Waals surface area contributed by atoms with Gasteiger partial charge in [-0.1, -0.05) is 12.1 Å². The fourth-order valence-corrected chi connectivity index (χ4v) is 2.52. The molecule has 3 rings (SSSR count). The van der Waals surface area contributed by atoms with Gasteiger partial charge in [-0.2, -0.15) is 5.10 Å². The number of carbonyl (C=O) groups excluding carboxylic acids is 1. The van der Waals surface area contributed by atoms with Crippen LogP contribution in [0.15, 0.2) is 42.6 Å². The molecule has 9 heteroatoms. The quantitative estimate of drug-likeness (QED) is 0.608. The molecule has 0 saturated heterocycles. The molecular formula is C18H20FN7O. The third-order valence-corrected chi connectivity index (χ3v) is 3.98. The average molecular weight is 369 g/mol. The fraction of sp³-hybridized carbons (Fsp3) is 0.222. The van der Waals surface area contributed by atoms with Crippen molar-refractivity contribution < 1.29 is 9.18 Å². The van der Waals surface area contributed by atoms with E-state index in [-0.39, 0.29) is 11.7 Å². The summed E-state index contributed by atoms with van der Waals surface area (Å²) in [4.78, 5) is 20.8. The van der Waals surface area contributed by atoms with Crippen molar-refractivity contribution in [2.45, 2.75) is 12.5 Å². The Morgan fingerprint density at radius 2 is 2.00 bits per heavy atom. The number of nitrogens with two attached hydrogens (primary N) is 1.